The molecule has 3 fully saturated rings. The highest BCUT2D eigenvalue weighted by Crippen LogP contribution is 2.43. The van der Waals surface area contributed by atoms with Gasteiger partial charge in [0.25, 0.3) is 0 Å². The van der Waals surface area contributed by atoms with Crippen LogP contribution in [0.4, 0.5) is 8.78 Å². The quantitative estimate of drug-likeness (QED) is 0.182. The van der Waals surface area contributed by atoms with Gasteiger partial charge in [-0.25, -0.2) is 18.4 Å². The number of halogens is 3. The Morgan fingerprint density at radius 2 is 0.865 bits per heavy atom. The number of rotatable bonds is 4. The Hall–Kier alpha value is -2.08. The third kappa shape index (κ3) is 9.23. The first-order valence-corrected chi connectivity index (χ1v) is 18.1. The van der Waals surface area contributed by atoms with Crippen molar-refractivity contribution in [1.29, 1.82) is 0 Å². The summed E-state index contributed by atoms with van der Waals surface area (Å²) in [4.78, 5) is 22.9. The molecule has 3 saturated heterocycles. The first-order valence-electron chi connectivity index (χ1n) is 17.0. The van der Waals surface area contributed by atoms with E-state index in [4.69, 9.17) is 32.7 Å². The van der Waals surface area contributed by atoms with E-state index in [0.717, 1.165) is 0 Å². The van der Waals surface area contributed by atoms with Gasteiger partial charge in [0.1, 0.15) is 11.6 Å². The molecule has 5 rings (SSSR count). The molecule has 3 heterocycles. The van der Waals surface area contributed by atoms with Crippen LogP contribution in [0.3, 0.4) is 0 Å². The molecule has 10 nitrogen and oxygen atoms in total. The second kappa shape index (κ2) is 15.6. The maximum Gasteiger partial charge on any atom is 0.497 e. The Kier molecular flexibility index (Phi) is 13.3. The number of esters is 2. The Labute approximate surface area is 322 Å². The number of carbonyl (C=O) groups excluding carboxylic acids is 2. The fourth-order valence-corrected chi connectivity index (χ4v) is 5.61. The van der Waals surface area contributed by atoms with Crippen molar-refractivity contribution in [3.05, 3.63) is 61.7 Å². The van der Waals surface area contributed by atoms with Crippen molar-refractivity contribution in [3.8, 4) is 0 Å². The van der Waals surface area contributed by atoms with Crippen LogP contribution in [0.15, 0.2) is 24.3 Å². The highest BCUT2D eigenvalue weighted by atomic mass is 127. The molecule has 286 valence electrons. The molecule has 0 amide bonds. The van der Waals surface area contributed by atoms with Crippen molar-refractivity contribution < 1.29 is 55.8 Å². The van der Waals surface area contributed by atoms with Gasteiger partial charge in [-0.2, -0.15) is 0 Å². The lowest BCUT2D eigenvalue weighted by molar-refractivity contribution is 0.00578. The minimum atomic E-state index is -0.848. The summed E-state index contributed by atoms with van der Waals surface area (Å²) < 4.78 is 72.4. The molecule has 0 N–H and O–H groups in total. The molecule has 3 aliphatic rings. The normalized spacial score (nSPS) is 21.5. The van der Waals surface area contributed by atoms with E-state index in [9.17, 15) is 18.4 Å². The predicted octanol–water partition coefficient (Wildman–Crippen LogP) is 6.99. The Bertz CT molecular complexity index is 1580. The van der Waals surface area contributed by atoms with Gasteiger partial charge >= 0.3 is 33.1 Å². The Balaban J connectivity index is 0.000000216. The van der Waals surface area contributed by atoms with Gasteiger partial charge in [0.2, 0.25) is 0 Å². The van der Waals surface area contributed by atoms with Crippen LogP contribution < -0.4 is 5.46 Å². The first-order chi connectivity index (χ1) is 23.5. The molecular formula is C36H52B3F2IO10. The summed E-state index contributed by atoms with van der Waals surface area (Å²) in [5, 5.41) is 0. The summed E-state index contributed by atoms with van der Waals surface area (Å²) >= 11 is 1.83. The zero-order valence-electron chi connectivity index (χ0n) is 33.3. The van der Waals surface area contributed by atoms with Crippen molar-refractivity contribution in [3.63, 3.8) is 0 Å². The number of carbonyl (C=O) groups is 2. The van der Waals surface area contributed by atoms with Gasteiger partial charge in [-0.3, -0.25) is 0 Å². The van der Waals surface area contributed by atoms with Crippen molar-refractivity contribution in [2.75, 3.05) is 14.2 Å². The molecule has 0 spiro atoms. The van der Waals surface area contributed by atoms with Gasteiger partial charge in [-0.05, 0) is 155 Å². The summed E-state index contributed by atoms with van der Waals surface area (Å²) in [5.41, 5.74) is -0.549. The molecule has 0 aromatic heterocycles. The van der Waals surface area contributed by atoms with E-state index in [1.165, 1.54) is 38.5 Å². The van der Waals surface area contributed by atoms with Crippen molar-refractivity contribution >= 4 is 61.1 Å². The van der Waals surface area contributed by atoms with Crippen molar-refractivity contribution in [2.24, 2.45) is 0 Å². The van der Waals surface area contributed by atoms with Gasteiger partial charge in [-0.15, -0.1) is 0 Å². The van der Waals surface area contributed by atoms with Gasteiger partial charge in [0.15, 0.2) is 0 Å². The van der Waals surface area contributed by atoms with Crippen LogP contribution in [0.25, 0.3) is 0 Å². The molecule has 0 atom stereocenters. The Morgan fingerprint density at radius 1 is 0.558 bits per heavy atom. The monoisotopic (exact) mass is 842 g/mol. The molecule has 0 bridgehead atoms. The molecule has 2 aromatic carbocycles. The fourth-order valence-electron chi connectivity index (χ4n) is 5.15. The van der Waals surface area contributed by atoms with Gasteiger partial charge in [0.05, 0.1) is 59.0 Å². The average Bonchev–Trinajstić information content (AvgIpc) is 3.47. The smallest absolute Gasteiger partial charge is 0.465 e. The zero-order chi connectivity index (χ0) is 40.0. The number of hydrogen-bond donors (Lipinski definition) is 0. The number of aryl methyl sites for hydroxylation is 2. The summed E-state index contributed by atoms with van der Waals surface area (Å²) in [6.07, 6.45) is 0. The molecule has 3 aliphatic heterocycles. The summed E-state index contributed by atoms with van der Waals surface area (Å²) in [6, 6.07) is 5.55. The molecule has 0 aliphatic carbocycles. The van der Waals surface area contributed by atoms with Crippen LogP contribution >= 0.6 is 22.6 Å². The maximum atomic E-state index is 14.2. The molecule has 52 heavy (non-hydrogen) atoms. The SMILES string of the molecule is CC1(C)OB(B2OC(C)(C)C(C)(C)O2)OC1(C)C.COC(=O)c1cc(B2OC(C)(C)C(C)(C)O2)c(F)cc1C.COC(=O)c1cc(I)c(F)cc1C. The summed E-state index contributed by atoms with van der Waals surface area (Å²) in [7, 11) is 0.795. The maximum absolute atomic E-state index is 14.2. The number of ether oxygens (including phenoxy) is 2. The van der Waals surface area contributed by atoms with E-state index in [1.54, 1.807) is 13.8 Å². The minimum absolute atomic E-state index is 0.208. The topological polar surface area (TPSA) is 108 Å². The van der Waals surface area contributed by atoms with Crippen LogP contribution in [0.5, 0.6) is 0 Å². The third-order valence-electron chi connectivity index (χ3n) is 10.7. The van der Waals surface area contributed by atoms with Crippen molar-refractivity contribution in [1.82, 2.24) is 0 Å². The predicted molar refractivity (Wildman–Crippen MR) is 206 cm³/mol. The van der Waals surface area contributed by atoms with E-state index < -0.39 is 50.1 Å². The van der Waals surface area contributed by atoms with Crippen LogP contribution in [0, 0.1) is 29.1 Å². The second-order valence-electron chi connectivity index (χ2n) is 16.1. The number of methoxy groups -OCH3 is 2. The molecule has 0 radical (unpaired) electrons. The lowest BCUT2D eigenvalue weighted by Crippen LogP contribution is -2.41. The number of hydrogen-bond acceptors (Lipinski definition) is 10. The third-order valence-corrected chi connectivity index (χ3v) is 11.5. The first kappa shape index (κ1) is 44.3. The second-order valence-corrected chi connectivity index (χ2v) is 17.3. The van der Waals surface area contributed by atoms with Crippen molar-refractivity contribution in [2.45, 2.75) is 131 Å². The lowest BCUT2D eigenvalue weighted by atomic mass is 9.49. The van der Waals surface area contributed by atoms with E-state index in [-0.39, 0.29) is 33.7 Å². The van der Waals surface area contributed by atoms with Crippen LogP contribution in [-0.4, -0.2) is 80.9 Å². The summed E-state index contributed by atoms with van der Waals surface area (Å²) in [6.45, 7) is 27.1. The largest absolute Gasteiger partial charge is 0.497 e. The van der Waals surface area contributed by atoms with E-state index in [2.05, 4.69) is 4.74 Å². The average molecular weight is 842 g/mol. The van der Waals surface area contributed by atoms with E-state index >= 15 is 0 Å². The fraction of sp³-hybridized carbons (Fsp3) is 0.611. The standard InChI is InChI=1S/C15H20BFO4.C12H24B2O4.C9H8FIO2/c1-9-7-12(17)11(8-10(9)13(18)19-6)16-20-14(2,3)15(4,5)21-16;1-9(2)10(3,4)16-13(15-9)14-17-11(5,6)12(7,8)18-14;1-5-3-7(10)8(11)4-6(5)9(12)13-2/h7-8H,1-6H3;1-8H3;3-4H,1-2H3. The van der Waals surface area contributed by atoms with Gasteiger partial charge < -0.3 is 37.4 Å². The highest BCUT2D eigenvalue weighted by Gasteiger charge is 2.63. The number of benzene rings is 2. The van der Waals surface area contributed by atoms with E-state index in [1.807, 2.05) is 106 Å². The highest BCUT2D eigenvalue weighted by molar-refractivity contribution is 14.1. The zero-order valence-corrected chi connectivity index (χ0v) is 35.4. The molecule has 0 saturated carbocycles. The minimum Gasteiger partial charge on any atom is -0.465 e. The molecule has 0 unspecified atom stereocenters. The molecular weight excluding hydrogens is 790 g/mol. The van der Waals surface area contributed by atoms with Crippen LogP contribution in [0.2, 0.25) is 0 Å². The summed E-state index contributed by atoms with van der Waals surface area (Å²) in [5.74, 6) is -1.72. The lowest BCUT2D eigenvalue weighted by Gasteiger charge is -2.32. The van der Waals surface area contributed by atoms with Crippen LogP contribution in [-0.2, 0) is 37.4 Å². The molecule has 16 heteroatoms. The molecule has 2 aromatic rings. The van der Waals surface area contributed by atoms with E-state index in [0.29, 0.717) is 25.8 Å². The van der Waals surface area contributed by atoms with Gasteiger partial charge in [0, 0.05) is 9.03 Å². The Morgan fingerprint density at radius 3 is 1.21 bits per heavy atom. The van der Waals surface area contributed by atoms with Crippen LogP contribution in [0.1, 0.15) is 115 Å². The van der Waals surface area contributed by atoms with Gasteiger partial charge in [-0.1, -0.05) is 0 Å².